The van der Waals surface area contributed by atoms with Crippen molar-refractivity contribution < 1.29 is 35.6 Å². The molecule has 0 aliphatic heterocycles. The van der Waals surface area contributed by atoms with Crippen molar-refractivity contribution in [2.45, 2.75) is 0 Å². The van der Waals surface area contributed by atoms with Crippen LogP contribution in [0.4, 0.5) is 0 Å². The Bertz CT molecular complexity index is 9560. The Morgan fingerprint density at radius 2 is 0.449 bits per heavy atom. The van der Waals surface area contributed by atoms with Crippen molar-refractivity contribution in [3.8, 4) is 89.0 Å². The number of hydrogen-bond acceptors (Lipinski definition) is 0. The first-order valence-corrected chi connectivity index (χ1v) is 38.9. The lowest BCUT2D eigenvalue weighted by Gasteiger charge is -2.19. The van der Waals surface area contributed by atoms with Gasteiger partial charge in [0.15, 0.2) is 0 Å². The number of rotatable bonds is 8. The summed E-state index contributed by atoms with van der Waals surface area (Å²) >= 11 is 0. The van der Waals surface area contributed by atoms with Crippen LogP contribution in [0.25, 0.3) is 240 Å². The molecule has 0 unspecified atom stereocenters. The van der Waals surface area contributed by atoms with Crippen molar-refractivity contribution in [2.24, 2.45) is 0 Å². The van der Waals surface area contributed by atoms with Crippen molar-refractivity contribution >= 4 is 151 Å². The van der Waals surface area contributed by atoms with Crippen LogP contribution in [0, 0.1) is 0 Å². The van der Waals surface area contributed by atoms with Gasteiger partial charge in [0.05, 0.1) is 35.6 Å². The molecule has 0 amide bonds. The fourth-order valence-corrected chi connectivity index (χ4v) is 17.6. The second kappa shape index (κ2) is 28.3. The molecule has 0 heteroatoms. The van der Waals surface area contributed by atoms with Gasteiger partial charge in [-0.3, -0.25) is 0 Å². The summed E-state index contributed by atoms with van der Waals surface area (Å²) in [7, 11) is 0. The van der Waals surface area contributed by atoms with Crippen LogP contribution in [0.2, 0.25) is 0 Å². The fraction of sp³-hybridized carbons (Fsp3) is 0. The van der Waals surface area contributed by atoms with Gasteiger partial charge in [-0.05, 0) is 270 Å². The number of benzene rings is 25. The van der Waals surface area contributed by atoms with Crippen molar-refractivity contribution in [3.05, 3.63) is 448 Å². The molecule has 25 aromatic rings. The van der Waals surface area contributed by atoms with Crippen LogP contribution in [-0.4, -0.2) is 0 Å². The van der Waals surface area contributed by atoms with Gasteiger partial charge in [-0.2, -0.15) is 0 Å². The van der Waals surface area contributed by atoms with Crippen LogP contribution in [0.1, 0.15) is 35.6 Å². The Kier molecular flexibility index (Phi) is 11.2. The smallest absolute Gasteiger partial charge is 0.0622 e. The highest BCUT2D eigenvalue weighted by Crippen LogP contribution is 2.50. The fourth-order valence-electron chi connectivity index (χ4n) is 17.6. The minimum absolute atomic E-state index is 0.312. The quantitative estimate of drug-likeness (QED) is 0.105. The van der Waals surface area contributed by atoms with E-state index in [1.807, 2.05) is 0 Å². The molecule has 0 aromatic heterocycles. The Labute approximate surface area is 720 Å². The summed E-state index contributed by atoms with van der Waals surface area (Å²) in [5, 5.41) is 15.3. The van der Waals surface area contributed by atoms with E-state index in [0.717, 1.165) is 0 Å². The predicted molar refractivity (Wildman–Crippen MR) is 510 cm³/mol. The van der Waals surface area contributed by atoms with Gasteiger partial charge < -0.3 is 0 Å². The molecule has 0 saturated heterocycles. The monoisotopic (exact) mass is 1520 g/mol. The van der Waals surface area contributed by atoms with E-state index in [0.29, 0.717) is 0 Å². The Balaban J connectivity index is 0.000000130. The van der Waals surface area contributed by atoms with E-state index in [1.165, 1.54) is 142 Å². The highest BCUT2D eigenvalue weighted by Gasteiger charge is 2.23. The summed E-state index contributed by atoms with van der Waals surface area (Å²) < 4.78 is 236. The normalized spacial score (nSPS) is 14.8. The van der Waals surface area contributed by atoms with E-state index >= 15 is 0 Å². The van der Waals surface area contributed by atoms with Crippen LogP contribution in [0.5, 0.6) is 0 Å². The SMILES string of the molecule is [2H]c1c([2H])c([2H])c(-c2c([2H])c(-c3c([2H])c([2H])c4c([2H])c([2H])c5c([2H])c([2H])c([2H])c6c([2H])c([2H])c3c4c56)c([2H])c(-c3c([2H])c([2H])c4c([2H])c([2H])c5c([2H])c([2H])c([2H])c6c([2H])c([2H])c3c4c56)c2[2H])c([2H])c1[2H].c1ccc2cc(-c3c4ccccc4c(-c4cccc5ccccc45)c4ccccc34)ccc2c1.c1ccc2cc(-c3ccc(-c4c5ccccc5c(-c5cccc6ccccc56)c5ccccc45)cc3)ccc2c1. The molecule has 0 N–H and O–H groups in total. The van der Waals surface area contributed by atoms with E-state index in [4.69, 9.17) is 20.6 Å². The molecular formula is C118H74. The van der Waals surface area contributed by atoms with E-state index < -0.39 is 234 Å². The Morgan fingerprint density at radius 1 is 0.136 bits per heavy atom. The molecule has 0 nitrogen and oxygen atoms in total. The van der Waals surface area contributed by atoms with Gasteiger partial charge in [-0.25, -0.2) is 0 Å². The summed E-state index contributed by atoms with van der Waals surface area (Å²) in [5.41, 5.74) is 7.82. The van der Waals surface area contributed by atoms with Gasteiger partial charge in [-0.15, -0.1) is 0 Å². The zero-order chi connectivity index (χ0) is 100. The number of hydrogen-bond donors (Lipinski definition) is 0. The molecule has 0 heterocycles. The maximum atomic E-state index is 10.0. The summed E-state index contributed by atoms with van der Waals surface area (Å²) in [4.78, 5) is 0. The highest BCUT2D eigenvalue weighted by atomic mass is 14.3. The van der Waals surface area contributed by atoms with Crippen molar-refractivity contribution in [3.63, 3.8) is 0 Å². The molecule has 0 bridgehead atoms. The zero-order valence-corrected chi connectivity index (χ0v) is 62.7. The summed E-state index contributed by atoms with van der Waals surface area (Å²) in [6.45, 7) is 0. The first-order valence-electron chi connectivity index (χ1n) is 51.9. The lowest BCUT2D eigenvalue weighted by molar-refractivity contribution is 1.59. The van der Waals surface area contributed by atoms with Gasteiger partial charge in [0.1, 0.15) is 0 Å². The van der Waals surface area contributed by atoms with E-state index in [2.05, 4.69) is 291 Å². The molecular weight excluding hydrogens is 1420 g/mol. The highest BCUT2D eigenvalue weighted by molar-refractivity contribution is 6.29. The summed E-state index contributed by atoms with van der Waals surface area (Å²) in [6.07, 6.45) is 0. The third-order valence-corrected chi connectivity index (χ3v) is 22.9. The molecule has 0 fully saturated rings. The topological polar surface area (TPSA) is 0 Å². The lowest BCUT2D eigenvalue weighted by Crippen LogP contribution is -1.91. The Morgan fingerprint density at radius 3 is 0.890 bits per heavy atom. The van der Waals surface area contributed by atoms with Crippen molar-refractivity contribution in [1.82, 2.24) is 0 Å². The average Bonchev–Trinajstić information content (AvgIpc) is 0.678. The average molecular weight is 1520 g/mol. The standard InChI is InChI=1S/C44H26.C40H26.C34H22/c1-2-6-27(7-3-1)34-24-35(37-20-16-32-14-12-28-8-4-10-30-18-22-39(37)43(32)41(28)30)26-36(25-34)38-21-17-33-15-13-29-9-5-11-31-19-23-40(38)44(33)42(29)31;1-2-12-31-26-32(25-22-27(31)10-1)28-20-23-30(24-21-28)39-35-15-5-7-17-37(35)40(38-18-8-6-16-36(38)39)34-19-9-13-29-11-3-4-14-33(29)34;1-2-12-25-22-26(21-20-23(25)10-1)33-29-15-5-7-17-31(29)34(32-18-8-6-16-30(32)33)28-19-9-13-24-11-3-4-14-27(24)28/h1-26H;1-26H;1-22H/i1D,2D,3D,4D,5D,6D,7D,8D,9D,10D,11D,12D,13D,14D,15D,16D,17D,18D,19D,20D,21D,22D,23D,24D,25D,26D;;. The van der Waals surface area contributed by atoms with Gasteiger partial charge >= 0.3 is 0 Å². The molecule has 0 radical (unpaired) electrons. The van der Waals surface area contributed by atoms with Crippen LogP contribution in [0.15, 0.2) is 448 Å². The second-order valence-corrected chi connectivity index (χ2v) is 29.4. The van der Waals surface area contributed by atoms with Gasteiger partial charge in [0.25, 0.3) is 0 Å². The first kappa shape index (κ1) is 46.7. The minimum atomic E-state index is -1.06. The van der Waals surface area contributed by atoms with Crippen LogP contribution < -0.4 is 0 Å². The third-order valence-electron chi connectivity index (χ3n) is 22.9. The molecule has 118 heavy (non-hydrogen) atoms. The van der Waals surface area contributed by atoms with Gasteiger partial charge in [0, 0.05) is 0 Å². The van der Waals surface area contributed by atoms with E-state index in [1.54, 1.807) is 0 Å². The van der Waals surface area contributed by atoms with E-state index in [-0.39, 0.29) is 21.5 Å². The predicted octanol–water partition coefficient (Wildman–Crippen LogP) is 33.4. The molecule has 25 rings (SSSR count). The molecule has 0 spiro atoms. The zero-order valence-electron chi connectivity index (χ0n) is 88.7. The van der Waals surface area contributed by atoms with Gasteiger partial charge in [0.2, 0.25) is 0 Å². The third kappa shape index (κ3) is 11.5. The molecule has 0 aliphatic carbocycles. The molecule has 25 aromatic carbocycles. The molecule has 546 valence electrons. The lowest BCUT2D eigenvalue weighted by atomic mass is 9.84. The minimum Gasteiger partial charge on any atom is -0.0622 e. The van der Waals surface area contributed by atoms with Gasteiger partial charge in [-0.1, -0.05) is 418 Å². The largest absolute Gasteiger partial charge is 0.0636 e. The maximum Gasteiger partial charge on any atom is 0.0636 e. The first-order chi connectivity index (χ1) is 69.4. The van der Waals surface area contributed by atoms with Crippen LogP contribution >= 0.6 is 0 Å². The number of fused-ring (bicyclic) bond motifs is 8. The summed E-state index contributed by atoms with van der Waals surface area (Å²) in [6, 6.07) is 83.7. The Hall–Kier alpha value is -15.3. The van der Waals surface area contributed by atoms with Crippen molar-refractivity contribution in [1.29, 1.82) is 0 Å². The van der Waals surface area contributed by atoms with Crippen LogP contribution in [0.3, 0.4) is 0 Å². The molecule has 0 aliphatic rings. The van der Waals surface area contributed by atoms with E-state index in [9.17, 15) is 15.1 Å². The van der Waals surface area contributed by atoms with Crippen LogP contribution in [-0.2, 0) is 0 Å². The molecule has 0 saturated carbocycles. The maximum absolute atomic E-state index is 10.0. The molecule has 0 atom stereocenters. The second-order valence-electron chi connectivity index (χ2n) is 29.4. The summed E-state index contributed by atoms with van der Waals surface area (Å²) in [5.74, 6) is 0. The van der Waals surface area contributed by atoms with Crippen molar-refractivity contribution in [2.75, 3.05) is 0 Å².